The highest BCUT2D eigenvalue weighted by Gasteiger charge is 2.31. The van der Waals surface area contributed by atoms with Crippen LogP contribution in [-0.4, -0.2) is 44.5 Å². The van der Waals surface area contributed by atoms with Gasteiger partial charge in [-0.3, -0.25) is 0 Å². The van der Waals surface area contributed by atoms with Gasteiger partial charge >= 0.3 is 0 Å². The lowest BCUT2D eigenvalue weighted by Gasteiger charge is -2.10. The summed E-state index contributed by atoms with van der Waals surface area (Å²) in [5.41, 5.74) is 0.502. The van der Waals surface area contributed by atoms with Crippen molar-refractivity contribution in [2.24, 2.45) is 0 Å². The first-order valence-electron chi connectivity index (χ1n) is 5.61. The summed E-state index contributed by atoms with van der Waals surface area (Å²) in [5, 5.41) is 8.66. The number of nitrogens with zero attached hydrogens (tertiary/aromatic N) is 1. The fourth-order valence-corrected chi connectivity index (χ4v) is 4.81. The number of sulfone groups is 1. The van der Waals surface area contributed by atoms with Crippen molar-refractivity contribution in [3.63, 3.8) is 0 Å². The van der Waals surface area contributed by atoms with Crippen LogP contribution < -0.4 is 4.72 Å². The van der Waals surface area contributed by atoms with Crippen LogP contribution in [0.4, 0.5) is 0 Å². The molecule has 1 aliphatic rings. The minimum atomic E-state index is -3.83. The molecule has 0 amide bonds. The fourth-order valence-electron chi connectivity index (χ4n) is 1.83. The number of rotatable bonds is 4. The van der Waals surface area contributed by atoms with E-state index in [-0.39, 0.29) is 29.6 Å². The molecule has 2 N–H and O–H groups in total. The van der Waals surface area contributed by atoms with Gasteiger partial charge in [0.15, 0.2) is 14.9 Å². The Morgan fingerprint density at radius 3 is 2.63 bits per heavy atom. The third-order valence-corrected chi connectivity index (χ3v) is 6.01. The van der Waals surface area contributed by atoms with E-state index in [2.05, 4.69) is 9.71 Å². The number of aliphatic hydroxyl groups is 1. The first-order chi connectivity index (χ1) is 8.82. The summed E-state index contributed by atoms with van der Waals surface area (Å²) in [5.74, 6) is -0.183. The largest absolute Gasteiger partial charge is 0.392 e. The highest BCUT2D eigenvalue weighted by atomic mass is 32.2. The average molecular weight is 306 g/mol. The van der Waals surface area contributed by atoms with Crippen molar-refractivity contribution in [1.82, 2.24) is 9.71 Å². The number of pyridine rings is 1. The van der Waals surface area contributed by atoms with Gasteiger partial charge in [-0.05, 0) is 18.1 Å². The van der Waals surface area contributed by atoms with E-state index < -0.39 is 25.9 Å². The Morgan fingerprint density at radius 1 is 1.42 bits per heavy atom. The molecule has 0 spiro atoms. The molecular weight excluding hydrogens is 292 g/mol. The van der Waals surface area contributed by atoms with Crippen LogP contribution in [0.1, 0.15) is 12.0 Å². The second kappa shape index (κ2) is 5.16. The maximum atomic E-state index is 12.0. The van der Waals surface area contributed by atoms with Crippen molar-refractivity contribution in [1.29, 1.82) is 0 Å². The molecule has 0 bridgehead atoms. The Hall–Kier alpha value is -1.03. The average Bonchev–Trinajstić information content (AvgIpc) is 2.68. The minimum absolute atomic E-state index is 0.00291. The third kappa shape index (κ3) is 3.50. The zero-order chi connectivity index (χ0) is 14.1. The molecule has 1 atom stereocenters. The zero-order valence-corrected chi connectivity index (χ0v) is 11.6. The van der Waals surface area contributed by atoms with Crippen LogP contribution in [0.15, 0.2) is 23.4 Å². The third-order valence-electron chi connectivity index (χ3n) is 2.81. The Balaban J connectivity index is 2.14. The monoisotopic (exact) mass is 306 g/mol. The van der Waals surface area contributed by atoms with E-state index in [4.69, 9.17) is 5.11 Å². The van der Waals surface area contributed by atoms with Gasteiger partial charge in [0.25, 0.3) is 10.0 Å². The number of aliphatic hydroxyl groups excluding tert-OH is 1. The summed E-state index contributed by atoms with van der Waals surface area (Å²) in [6, 6.07) is 2.12. The molecule has 1 saturated heterocycles. The summed E-state index contributed by atoms with van der Waals surface area (Å²) in [7, 11) is -6.97. The molecule has 0 radical (unpaired) electrons. The number of sulfonamides is 1. The van der Waals surface area contributed by atoms with Crippen molar-refractivity contribution in [3.05, 3.63) is 23.9 Å². The number of hydrogen-bond donors (Lipinski definition) is 2. The van der Waals surface area contributed by atoms with Crippen molar-refractivity contribution in [3.8, 4) is 0 Å². The molecule has 7 nitrogen and oxygen atoms in total. The molecule has 2 heterocycles. The Labute approximate surface area is 111 Å². The van der Waals surface area contributed by atoms with E-state index in [1.54, 1.807) is 0 Å². The highest BCUT2D eigenvalue weighted by Crippen LogP contribution is 2.15. The van der Waals surface area contributed by atoms with Gasteiger partial charge in [0, 0.05) is 12.2 Å². The number of nitrogens with one attached hydrogen (secondary N) is 1. The van der Waals surface area contributed by atoms with Gasteiger partial charge in [0.1, 0.15) is 0 Å². The normalized spacial score (nSPS) is 22.5. The lowest BCUT2D eigenvalue weighted by atomic mass is 10.3. The summed E-state index contributed by atoms with van der Waals surface area (Å²) in [4.78, 5) is 3.74. The smallest absolute Gasteiger partial charge is 0.258 e. The van der Waals surface area contributed by atoms with Crippen LogP contribution in [0.2, 0.25) is 0 Å². The van der Waals surface area contributed by atoms with Crippen molar-refractivity contribution in [2.45, 2.75) is 24.1 Å². The second-order valence-electron chi connectivity index (χ2n) is 4.38. The van der Waals surface area contributed by atoms with Crippen LogP contribution >= 0.6 is 0 Å². The molecule has 0 saturated carbocycles. The van der Waals surface area contributed by atoms with Gasteiger partial charge in [-0.25, -0.2) is 26.5 Å². The lowest BCUT2D eigenvalue weighted by molar-refractivity contribution is 0.281. The molecule has 19 heavy (non-hydrogen) atoms. The van der Waals surface area contributed by atoms with Crippen LogP contribution in [-0.2, 0) is 26.5 Å². The second-order valence-corrected chi connectivity index (χ2v) is 8.27. The highest BCUT2D eigenvalue weighted by molar-refractivity contribution is 7.92. The van der Waals surface area contributed by atoms with Crippen molar-refractivity contribution >= 4 is 19.9 Å². The Kier molecular flexibility index (Phi) is 3.90. The summed E-state index contributed by atoms with van der Waals surface area (Å²) in [6.45, 7) is -0.221. The molecule has 1 aromatic heterocycles. The summed E-state index contributed by atoms with van der Waals surface area (Å²) >= 11 is 0. The first kappa shape index (κ1) is 14.4. The van der Waals surface area contributed by atoms with Gasteiger partial charge in [-0.15, -0.1) is 0 Å². The maximum absolute atomic E-state index is 12.0. The lowest BCUT2D eigenvalue weighted by Crippen LogP contribution is -2.36. The van der Waals surface area contributed by atoms with Gasteiger partial charge < -0.3 is 5.11 Å². The van der Waals surface area contributed by atoms with Gasteiger partial charge in [-0.2, -0.15) is 0 Å². The van der Waals surface area contributed by atoms with Crippen LogP contribution in [0.5, 0.6) is 0 Å². The molecule has 2 rings (SSSR count). The minimum Gasteiger partial charge on any atom is -0.392 e. The first-order valence-corrected chi connectivity index (χ1v) is 8.91. The predicted octanol–water partition coefficient (Wildman–Crippen LogP) is -0.961. The summed E-state index contributed by atoms with van der Waals surface area (Å²) < 4.78 is 48.8. The van der Waals surface area contributed by atoms with Crippen LogP contribution in [0.3, 0.4) is 0 Å². The molecule has 1 unspecified atom stereocenters. The summed E-state index contributed by atoms with van der Waals surface area (Å²) in [6.07, 6.45) is 1.54. The van der Waals surface area contributed by atoms with Crippen LogP contribution in [0, 0.1) is 0 Å². The SMILES string of the molecule is O=S1(=O)CCC(NS(=O)(=O)c2ccc(CO)cn2)C1. The van der Waals surface area contributed by atoms with E-state index in [0.717, 1.165) is 0 Å². The molecular formula is C10H14N2O5S2. The van der Waals surface area contributed by atoms with E-state index in [1.165, 1.54) is 18.3 Å². The number of hydrogen-bond acceptors (Lipinski definition) is 6. The zero-order valence-electron chi connectivity index (χ0n) is 9.98. The molecule has 1 fully saturated rings. The van der Waals surface area contributed by atoms with E-state index >= 15 is 0 Å². The number of aromatic nitrogens is 1. The molecule has 0 aromatic carbocycles. The Morgan fingerprint density at radius 2 is 2.16 bits per heavy atom. The molecule has 1 aliphatic heterocycles. The van der Waals surface area contributed by atoms with E-state index in [9.17, 15) is 16.8 Å². The predicted molar refractivity (Wildman–Crippen MR) is 67.5 cm³/mol. The maximum Gasteiger partial charge on any atom is 0.258 e. The van der Waals surface area contributed by atoms with Gasteiger partial charge in [0.05, 0.1) is 18.1 Å². The van der Waals surface area contributed by atoms with Crippen LogP contribution in [0.25, 0.3) is 0 Å². The van der Waals surface area contributed by atoms with Gasteiger partial charge in [0.2, 0.25) is 0 Å². The molecule has 9 heteroatoms. The standard InChI is InChI=1S/C10H14N2O5S2/c13-6-8-1-2-10(11-5-8)19(16,17)12-9-3-4-18(14,15)7-9/h1-2,5,9,12-13H,3-4,6-7H2. The topological polar surface area (TPSA) is 113 Å². The van der Waals surface area contributed by atoms with Gasteiger partial charge in [-0.1, -0.05) is 6.07 Å². The van der Waals surface area contributed by atoms with E-state index in [1.807, 2.05) is 0 Å². The van der Waals surface area contributed by atoms with Crippen molar-refractivity contribution in [2.75, 3.05) is 11.5 Å². The van der Waals surface area contributed by atoms with E-state index in [0.29, 0.717) is 5.56 Å². The Bertz CT molecular complexity index is 652. The molecule has 106 valence electrons. The molecule has 1 aromatic rings. The quantitative estimate of drug-likeness (QED) is 0.740. The van der Waals surface area contributed by atoms with Crippen molar-refractivity contribution < 1.29 is 21.9 Å². The fraction of sp³-hybridized carbons (Fsp3) is 0.500. The molecule has 0 aliphatic carbocycles.